The van der Waals surface area contributed by atoms with Crippen molar-refractivity contribution in [3.05, 3.63) is 30.3 Å². The van der Waals surface area contributed by atoms with Crippen LogP contribution in [0.3, 0.4) is 0 Å². The minimum atomic E-state index is -0.198. The van der Waals surface area contributed by atoms with Crippen LogP contribution in [0.15, 0.2) is 30.3 Å². The topological polar surface area (TPSA) is 26.3 Å². The van der Waals surface area contributed by atoms with E-state index >= 15 is 0 Å². The third-order valence-corrected chi connectivity index (χ3v) is 1.26. The zero-order chi connectivity index (χ0) is 8.10. The Morgan fingerprint density at radius 3 is 2.55 bits per heavy atom. The predicted octanol–water partition coefficient (Wildman–Crippen LogP) is 2.00. The highest BCUT2D eigenvalue weighted by atomic mass is 16.5. The highest BCUT2D eigenvalue weighted by Crippen LogP contribution is 2.08. The van der Waals surface area contributed by atoms with E-state index in [1.165, 1.54) is 0 Å². The molecule has 0 N–H and O–H groups in total. The fourth-order valence-electron chi connectivity index (χ4n) is 0.692. The molecule has 0 heterocycles. The zero-order valence-electron chi connectivity index (χ0n) is 6.41. The molecule has 1 aromatic rings. The largest absolute Gasteiger partial charge is 0.427 e. The Labute approximate surface area is 65.8 Å². The predicted molar refractivity (Wildman–Crippen MR) is 42.4 cm³/mol. The van der Waals surface area contributed by atoms with Crippen molar-refractivity contribution in [2.75, 3.05) is 0 Å². The van der Waals surface area contributed by atoms with Crippen LogP contribution in [0.25, 0.3) is 0 Å². The van der Waals surface area contributed by atoms with Crippen LogP contribution in [0.2, 0.25) is 0 Å². The van der Waals surface area contributed by atoms with Crippen molar-refractivity contribution in [3.8, 4) is 5.75 Å². The molecule has 2 heteroatoms. The third-order valence-electron chi connectivity index (χ3n) is 1.26. The quantitative estimate of drug-likeness (QED) is 0.476. The van der Waals surface area contributed by atoms with E-state index in [1.807, 2.05) is 18.2 Å². The highest BCUT2D eigenvalue weighted by molar-refractivity contribution is 5.71. The van der Waals surface area contributed by atoms with Gasteiger partial charge in [-0.1, -0.05) is 25.1 Å². The number of esters is 1. The third kappa shape index (κ3) is 2.42. The second-order valence-corrected chi connectivity index (χ2v) is 2.14. The maximum Gasteiger partial charge on any atom is 0.310 e. The molecular weight excluding hydrogens is 140 g/mol. The van der Waals surface area contributed by atoms with Crippen LogP contribution in [0.1, 0.15) is 13.3 Å². The fraction of sp³-hybridized carbons (Fsp3) is 0.222. The summed E-state index contributed by atoms with van der Waals surface area (Å²) in [5.41, 5.74) is 0. The molecule has 0 amide bonds. The minimum absolute atomic E-state index is 0.198. The summed E-state index contributed by atoms with van der Waals surface area (Å²) in [5.74, 6) is 0.413. The van der Waals surface area contributed by atoms with E-state index in [-0.39, 0.29) is 5.97 Å². The summed E-state index contributed by atoms with van der Waals surface area (Å²) >= 11 is 0. The Balaban J connectivity index is 2.58. The fourth-order valence-corrected chi connectivity index (χ4v) is 0.692. The number of ether oxygens (including phenoxy) is 1. The van der Waals surface area contributed by atoms with Gasteiger partial charge in [0.15, 0.2) is 0 Å². The number of benzene rings is 1. The Kier molecular flexibility index (Phi) is 2.66. The molecule has 0 atom stereocenters. The number of carbonyl (C=O) groups is 1. The number of rotatable bonds is 2. The van der Waals surface area contributed by atoms with Crippen molar-refractivity contribution in [2.24, 2.45) is 0 Å². The van der Waals surface area contributed by atoms with Crippen molar-refractivity contribution in [2.45, 2.75) is 13.3 Å². The Hall–Kier alpha value is -1.31. The van der Waals surface area contributed by atoms with E-state index in [1.54, 1.807) is 19.1 Å². The summed E-state index contributed by atoms with van der Waals surface area (Å²) in [6, 6.07) is 9.06. The van der Waals surface area contributed by atoms with Gasteiger partial charge in [0.25, 0.3) is 0 Å². The maximum atomic E-state index is 10.8. The average Bonchev–Trinajstić information content (AvgIpc) is 2.06. The molecule has 1 aromatic carbocycles. The van der Waals surface area contributed by atoms with Crippen molar-refractivity contribution in [3.63, 3.8) is 0 Å². The maximum absolute atomic E-state index is 10.8. The molecule has 0 unspecified atom stereocenters. The van der Waals surface area contributed by atoms with Crippen molar-refractivity contribution in [1.82, 2.24) is 0 Å². The molecule has 58 valence electrons. The van der Waals surface area contributed by atoms with E-state index in [0.717, 1.165) is 0 Å². The standard InChI is InChI=1S/C9H10O2/c1-2-9(10)11-8-6-4-3-5-7-8/h3-7H,2H2,1H3. The van der Waals surface area contributed by atoms with Crippen LogP contribution >= 0.6 is 0 Å². The van der Waals surface area contributed by atoms with Gasteiger partial charge in [-0.3, -0.25) is 4.79 Å². The van der Waals surface area contributed by atoms with Crippen molar-refractivity contribution < 1.29 is 9.53 Å². The van der Waals surface area contributed by atoms with E-state index < -0.39 is 0 Å². The number of carbonyl (C=O) groups excluding carboxylic acids is 1. The normalized spacial score (nSPS) is 9.18. The highest BCUT2D eigenvalue weighted by Gasteiger charge is 1.98. The molecule has 0 aliphatic carbocycles. The molecule has 0 fully saturated rings. The Bertz CT molecular complexity index is 229. The van der Waals surface area contributed by atoms with Crippen molar-refractivity contribution in [1.29, 1.82) is 0 Å². The molecule has 1 rings (SSSR count). The average molecular weight is 150 g/mol. The number of hydrogen-bond acceptors (Lipinski definition) is 2. The second-order valence-electron chi connectivity index (χ2n) is 2.14. The minimum Gasteiger partial charge on any atom is -0.427 e. The summed E-state index contributed by atoms with van der Waals surface area (Å²) < 4.78 is 4.92. The first-order valence-corrected chi connectivity index (χ1v) is 3.58. The van der Waals surface area contributed by atoms with E-state index in [2.05, 4.69) is 0 Å². The zero-order valence-corrected chi connectivity index (χ0v) is 6.41. The van der Waals surface area contributed by atoms with Gasteiger partial charge in [-0.15, -0.1) is 0 Å². The first-order valence-electron chi connectivity index (χ1n) is 3.58. The van der Waals surface area contributed by atoms with E-state index in [4.69, 9.17) is 4.74 Å². The van der Waals surface area contributed by atoms with Gasteiger partial charge in [-0.05, 0) is 12.1 Å². The van der Waals surface area contributed by atoms with Gasteiger partial charge in [-0.2, -0.15) is 0 Å². The molecule has 0 spiro atoms. The molecule has 0 saturated carbocycles. The smallest absolute Gasteiger partial charge is 0.310 e. The van der Waals surface area contributed by atoms with Crippen LogP contribution in [0.5, 0.6) is 5.75 Å². The van der Waals surface area contributed by atoms with Crippen LogP contribution in [-0.2, 0) is 4.79 Å². The van der Waals surface area contributed by atoms with E-state index in [9.17, 15) is 4.79 Å². The van der Waals surface area contributed by atoms with Gasteiger partial charge in [0.05, 0.1) is 0 Å². The molecule has 11 heavy (non-hydrogen) atoms. The van der Waals surface area contributed by atoms with E-state index in [0.29, 0.717) is 12.2 Å². The molecule has 0 bridgehead atoms. The molecule has 0 aliphatic heterocycles. The van der Waals surface area contributed by atoms with Crippen LogP contribution in [0.4, 0.5) is 0 Å². The summed E-state index contributed by atoms with van der Waals surface area (Å²) in [6.45, 7) is 1.77. The Morgan fingerprint density at radius 1 is 1.36 bits per heavy atom. The lowest BCUT2D eigenvalue weighted by atomic mass is 10.3. The van der Waals surface area contributed by atoms with Gasteiger partial charge in [-0.25, -0.2) is 0 Å². The van der Waals surface area contributed by atoms with Gasteiger partial charge in [0, 0.05) is 6.42 Å². The first kappa shape index (κ1) is 7.79. The summed E-state index contributed by atoms with van der Waals surface area (Å²) in [5, 5.41) is 0. The molecule has 0 radical (unpaired) electrons. The van der Waals surface area contributed by atoms with Crippen molar-refractivity contribution >= 4 is 5.97 Å². The molecule has 0 saturated heterocycles. The first-order chi connectivity index (χ1) is 5.33. The molecule has 0 aliphatic rings. The van der Waals surface area contributed by atoms with Gasteiger partial charge < -0.3 is 4.74 Å². The number of hydrogen-bond donors (Lipinski definition) is 0. The summed E-state index contributed by atoms with van der Waals surface area (Å²) in [7, 11) is 0. The Morgan fingerprint density at radius 2 is 2.00 bits per heavy atom. The molecule has 0 aromatic heterocycles. The molecular formula is C9H10O2. The summed E-state index contributed by atoms with van der Waals surface area (Å²) in [4.78, 5) is 10.8. The SMILES string of the molecule is CCC(=O)Oc1ccccc1. The van der Waals surface area contributed by atoms with Gasteiger partial charge in [0.2, 0.25) is 0 Å². The summed E-state index contributed by atoms with van der Waals surface area (Å²) in [6.07, 6.45) is 0.412. The van der Waals surface area contributed by atoms with Crippen LogP contribution < -0.4 is 4.74 Å². The lowest BCUT2D eigenvalue weighted by molar-refractivity contribution is -0.134. The lowest BCUT2D eigenvalue weighted by Crippen LogP contribution is -2.04. The van der Waals surface area contributed by atoms with Crippen LogP contribution in [0, 0.1) is 0 Å². The second kappa shape index (κ2) is 3.76. The monoisotopic (exact) mass is 150 g/mol. The van der Waals surface area contributed by atoms with Gasteiger partial charge >= 0.3 is 5.97 Å². The van der Waals surface area contributed by atoms with Gasteiger partial charge in [0.1, 0.15) is 5.75 Å². The number of para-hydroxylation sites is 1. The lowest BCUT2D eigenvalue weighted by Gasteiger charge is -1.99. The van der Waals surface area contributed by atoms with Crippen LogP contribution in [-0.4, -0.2) is 5.97 Å². The molecule has 2 nitrogen and oxygen atoms in total.